The number of aromatic nitrogens is 1. The average molecular weight is 348 g/mol. The third-order valence-electron chi connectivity index (χ3n) is 4.25. The number of urea groups is 1. The molecule has 1 fully saturated rings. The van der Waals surface area contributed by atoms with E-state index in [1.165, 1.54) is 25.7 Å². The summed E-state index contributed by atoms with van der Waals surface area (Å²) < 4.78 is 5.45. The summed E-state index contributed by atoms with van der Waals surface area (Å²) in [5, 5.41) is 5.76. The van der Waals surface area contributed by atoms with Gasteiger partial charge in [-0.1, -0.05) is 12.8 Å². The van der Waals surface area contributed by atoms with E-state index in [4.69, 9.17) is 4.74 Å². The van der Waals surface area contributed by atoms with Crippen LogP contribution in [0.5, 0.6) is 0 Å². The monoisotopic (exact) mass is 348 g/mol. The fourth-order valence-corrected chi connectivity index (χ4v) is 2.88. The van der Waals surface area contributed by atoms with Crippen LogP contribution >= 0.6 is 0 Å². The molecule has 1 saturated heterocycles. The molecule has 1 aromatic heterocycles. The maximum absolute atomic E-state index is 11.9. The molecule has 0 bridgehead atoms. The van der Waals surface area contributed by atoms with Crippen LogP contribution < -0.4 is 15.5 Å². The minimum atomic E-state index is -0.141. The number of carbonyl (C=O) groups is 1. The van der Waals surface area contributed by atoms with E-state index in [9.17, 15) is 4.79 Å². The van der Waals surface area contributed by atoms with Gasteiger partial charge in [0.05, 0.1) is 6.10 Å². The second-order valence-corrected chi connectivity index (χ2v) is 6.81. The van der Waals surface area contributed by atoms with Gasteiger partial charge < -0.3 is 20.3 Å². The zero-order valence-electron chi connectivity index (χ0n) is 15.6. The van der Waals surface area contributed by atoms with Gasteiger partial charge in [-0.05, 0) is 50.8 Å². The van der Waals surface area contributed by atoms with Crippen LogP contribution in [-0.2, 0) is 11.3 Å². The fourth-order valence-electron chi connectivity index (χ4n) is 2.88. The Morgan fingerprint density at radius 2 is 2.00 bits per heavy atom. The first kappa shape index (κ1) is 19.5. The second kappa shape index (κ2) is 10.9. The van der Waals surface area contributed by atoms with Gasteiger partial charge in [0.1, 0.15) is 5.82 Å². The molecule has 1 aromatic rings. The van der Waals surface area contributed by atoms with Crippen LogP contribution in [-0.4, -0.2) is 43.4 Å². The number of nitrogens with one attached hydrogen (secondary N) is 2. The first-order valence-corrected chi connectivity index (χ1v) is 9.48. The SMILES string of the molecule is CC(C)OCCCNC(=O)NCc1ccnc(N2CCCCCC2)c1. The van der Waals surface area contributed by atoms with Crippen LogP contribution in [0.1, 0.15) is 51.5 Å². The summed E-state index contributed by atoms with van der Waals surface area (Å²) in [7, 11) is 0. The number of rotatable bonds is 8. The number of pyridine rings is 1. The Bertz CT molecular complexity index is 514. The number of hydrogen-bond acceptors (Lipinski definition) is 4. The molecule has 25 heavy (non-hydrogen) atoms. The zero-order valence-corrected chi connectivity index (χ0v) is 15.6. The Kier molecular flexibility index (Phi) is 8.52. The largest absolute Gasteiger partial charge is 0.379 e. The molecule has 0 spiro atoms. The van der Waals surface area contributed by atoms with Crippen LogP contribution in [0, 0.1) is 0 Å². The smallest absolute Gasteiger partial charge is 0.315 e. The molecule has 140 valence electrons. The van der Waals surface area contributed by atoms with Crippen LogP contribution in [0.25, 0.3) is 0 Å². The second-order valence-electron chi connectivity index (χ2n) is 6.81. The normalized spacial score (nSPS) is 15.1. The Hall–Kier alpha value is -1.82. The van der Waals surface area contributed by atoms with E-state index in [2.05, 4.69) is 26.6 Å². The van der Waals surface area contributed by atoms with Crippen LogP contribution in [0.15, 0.2) is 18.3 Å². The summed E-state index contributed by atoms with van der Waals surface area (Å²) in [5.41, 5.74) is 1.08. The molecule has 0 radical (unpaired) electrons. The molecule has 2 heterocycles. The predicted octanol–water partition coefficient (Wildman–Crippen LogP) is 3.08. The van der Waals surface area contributed by atoms with E-state index in [1.54, 1.807) is 0 Å². The van der Waals surface area contributed by atoms with E-state index in [0.29, 0.717) is 19.7 Å². The van der Waals surface area contributed by atoms with Gasteiger partial charge in [0.15, 0.2) is 0 Å². The predicted molar refractivity (Wildman–Crippen MR) is 101 cm³/mol. The molecule has 0 atom stereocenters. The van der Waals surface area contributed by atoms with Crippen molar-refractivity contribution in [3.8, 4) is 0 Å². The highest BCUT2D eigenvalue weighted by molar-refractivity contribution is 5.73. The summed E-state index contributed by atoms with van der Waals surface area (Å²) in [6, 6.07) is 3.90. The number of hydrogen-bond donors (Lipinski definition) is 2. The Balaban J connectivity index is 1.71. The van der Waals surface area contributed by atoms with Crippen LogP contribution in [0.4, 0.5) is 10.6 Å². The van der Waals surface area contributed by atoms with Gasteiger partial charge in [-0.15, -0.1) is 0 Å². The van der Waals surface area contributed by atoms with Crippen molar-refractivity contribution >= 4 is 11.8 Å². The molecule has 6 heteroatoms. The maximum Gasteiger partial charge on any atom is 0.315 e. The topological polar surface area (TPSA) is 66.5 Å². The highest BCUT2D eigenvalue weighted by Gasteiger charge is 2.11. The van der Waals surface area contributed by atoms with Gasteiger partial charge in [0, 0.05) is 39.0 Å². The zero-order chi connectivity index (χ0) is 17.9. The van der Waals surface area contributed by atoms with Gasteiger partial charge in [-0.3, -0.25) is 0 Å². The van der Waals surface area contributed by atoms with Gasteiger partial charge in [0.25, 0.3) is 0 Å². The minimum Gasteiger partial charge on any atom is -0.379 e. The molecule has 0 aliphatic carbocycles. The molecular weight excluding hydrogens is 316 g/mol. The van der Waals surface area contributed by atoms with E-state index in [1.807, 2.05) is 26.1 Å². The lowest BCUT2D eigenvalue weighted by molar-refractivity contribution is 0.0774. The van der Waals surface area contributed by atoms with Gasteiger partial charge in [0.2, 0.25) is 0 Å². The third-order valence-corrected chi connectivity index (χ3v) is 4.25. The summed E-state index contributed by atoms with van der Waals surface area (Å²) in [6.07, 6.45) is 7.96. The van der Waals surface area contributed by atoms with Crippen molar-refractivity contribution in [1.82, 2.24) is 15.6 Å². The summed E-state index contributed by atoms with van der Waals surface area (Å²) >= 11 is 0. The molecule has 1 aliphatic rings. The summed E-state index contributed by atoms with van der Waals surface area (Å²) in [4.78, 5) is 18.7. The molecular formula is C19H32N4O2. The third kappa shape index (κ3) is 7.73. The Morgan fingerprint density at radius 1 is 1.24 bits per heavy atom. The first-order valence-electron chi connectivity index (χ1n) is 9.48. The number of ether oxygens (including phenoxy) is 1. The maximum atomic E-state index is 11.9. The minimum absolute atomic E-state index is 0.141. The average Bonchev–Trinajstić information content (AvgIpc) is 2.89. The van der Waals surface area contributed by atoms with Crippen molar-refractivity contribution in [2.24, 2.45) is 0 Å². The molecule has 2 rings (SSSR count). The fraction of sp³-hybridized carbons (Fsp3) is 0.684. The highest BCUT2D eigenvalue weighted by atomic mass is 16.5. The molecule has 0 unspecified atom stereocenters. The van der Waals surface area contributed by atoms with E-state index in [-0.39, 0.29) is 12.1 Å². The Labute approximate surface area is 151 Å². The van der Waals surface area contributed by atoms with Crippen molar-refractivity contribution in [3.05, 3.63) is 23.9 Å². The molecule has 0 aromatic carbocycles. The number of nitrogens with zero attached hydrogens (tertiary/aromatic N) is 2. The van der Waals surface area contributed by atoms with Gasteiger partial charge in [-0.25, -0.2) is 9.78 Å². The highest BCUT2D eigenvalue weighted by Crippen LogP contribution is 2.18. The molecule has 2 amide bonds. The van der Waals surface area contributed by atoms with E-state index in [0.717, 1.165) is 30.9 Å². The first-order chi connectivity index (χ1) is 12.1. The number of anilines is 1. The van der Waals surface area contributed by atoms with Crippen molar-refractivity contribution in [2.75, 3.05) is 31.1 Å². The molecule has 0 saturated carbocycles. The van der Waals surface area contributed by atoms with Gasteiger partial charge >= 0.3 is 6.03 Å². The summed E-state index contributed by atoms with van der Waals surface area (Å²) in [5.74, 6) is 1.02. The Morgan fingerprint density at radius 3 is 2.72 bits per heavy atom. The van der Waals surface area contributed by atoms with Crippen molar-refractivity contribution in [1.29, 1.82) is 0 Å². The van der Waals surface area contributed by atoms with Crippen LogP contribution in [0.2, 0.25) is 0 Å². The van der Waals surface area contributed by atoms with E-state index >= 15 is 0 Å². The van der Waals surface area contributed by atoms with E-state index < -0.39 is 0 Å². The molecule has 1 aliphatic heterocycles. The lowest BCUT2D eigenvalue weighted by atomic mass is 10.2. The molecule has 6 nitrogen and oxygen atoms in total. The van der Waals surface area contributed by atoms with Crippen LogP contribution in [0.3, 0.4) is 0 Å². The van der Waals surface area contributed by atoms with Crippen molar-refractivity contribution in [2.45, 2.75) is 58.6 Å². The lowest BCUT2D eigenvalue weighted by Gasteiger charge is -2.21. The standard InChI is InChI=1S/C19H32N4O2/c1-16(2)25-13-7-9-21-19(24)22-15-17-8-10-20-18(14-17)23-11-5-3-4-6-12-23/h8,10,14,16H,3-7,9,11-13,15H2,1-2H3,(H2,21,22,24). The molecule has 2 N–H and O–H groups in total. The quantitative estimate of drug-likeness (QED) is 0.709. The number of carbonyl (C=O) groups excluding carboxylic acids is 1. The van der Waals surface area contributed by atoms with Gasteiger partial charge in [-0.2, -0.15) is 0 Å². The summed E-state index contributed by atoms with van der Waals surface area (Å²) in [6.45, 7) is 7.96. The van der Waals surface area contributed by atoms with Crippen molar-refractivity contribution in [3.63, 3.8) is 0 Å². The number of amides is 2. The van der Waals surface area contributed by atoms with Crippen molar-refractivity contribution < 1.29 is 9.53 Å². The lowest BCUT2D eigenvalue weighted by Crippen LogP contribution is -2.36.